The number of fused-ring (bicyclic) bond motifs is 4. The molecule has 0 N–H and O–H groups in total. The van der Waals surface area contributed by atoms with Crippen LogP contribution in [0.25, 0.3) is 32.8 Å². The van der Waals surface area contributed by atoms with E-state index in [4.69, 9.17) is 4.98 Å². The Morgan fingerprint density at radius 1 is 0.837 bits per heavy atom. The number of piperazine rings is 1. The number of carbonyl (C=O) groups is 1. The quantitative estimate of drug-likeness (QED) is 0.227. The number of amides is 1. The van der Waals surface area contributed by atoms with E-state index in [2.05, 4.69) is 69.4 Å². The molecule has 0 radical (unpaired) electrons. The summed E-state index contributed by atoms with van der Waals surface area (Å²) in [4.78, 5) is 30.8. The van der Waals surface area contributed by atoms with Gasteiger partial charge in [0.05, 0.1) is 5.52 Å². The highest BCUT2D eigenvalue weighted by atomic mass is 35.5. The van der Waals surface area contributed by atoms with Crippen molar-refractivity contribution in [2.75, 3.05) is 42.5 Å². The molecule has 1 atom stereocenters. The van der Waals surface area contributed by atoms with Crippen LogP contribution in [0, 0.1) is 13.8 Å². The lowest BCUT2D eigenvalue weighted by atomic mass is 9.95. The van der Waals surface area contributed by atoms with Gasteiger partial charge in [0, 0.05) is 72.1 Å². The van der Waals surface area contributed by atoms with E-state index in [0.717, 1.165) is 81.5 Å². The second kappa shape index (κ2) is 10.9. The molecule has 0 bridgehead atoms. The smallest absolute Gasteiger partial charge is 0.258 e. The minimum Gasteiger partial charge on any atom is -0.368 e. The molecule has 0 spiro atoms. The molecule has 43 heavy (non-hydrogen) atoms. The predicted molar refractivity (Wildman–Crippen MR) is 178 cm³/mol. The van der Waals surface area contributed by atoms with Crippen LogP contribution in [0.5, 0.6) is 0 Å². The third kappa shape index (κ3) is 4.73. The number of rotatable bonds is 3. The van der Waals surface area contributed by atoms with Crippen molar-refractivity contribution in [3.05, 3.63) is 95.4 Å². The second-order valence-corrected chi connectivity index (χ2v) is 12.2. The molecule has 218 valence electrons. The summed E-state index contributed by atoms with van der Waals surface area (Å²) >= 11 is 0. The number of benzene rings is 3. The summed E-state index contributed by atoms with van der Waals surface area (Å²) in [5.41, 5.74) is 9.48. The van der Waals surface area contributed by atoms with Crippen LogP contribution in [0.3, 0.4) is 0 Å². The largest absolute Gasteiger partial charge is 0.368 e. The minimum atomic E-state index is 0. The van der Waals surface area contributed by atoms with E-state index in [1.165, 1.54) is 30.6 Å². The lowest BCUT2D eigenvalue weighted by Crippen LogP contribution is -2.50. The first-order valence-corrected chi connectivity index (χ1v) is 15.2. The second-order valence-electron chi connectivity index (χ2n) is 12.2. The molecule has 1 amide bonds. The highest BCUT2D eigenvalue weighted by Crippen LogP contribution is 2.39. The lowest BCUT2D eigenvalue weighted by molar-refractivity contribution is 0.0991. The van der Waals surface area contributed by atoms with Gasteiger partial charge in [0.1, 0.15) is 0 Å². The van der Waals surface area contributed by atoms with Gasteiger partial charge >= 0.3 is 0 Å². The molecule has 2 aromatic heterocycles. The van der Waals surface area contributed by atoms with Crippen LogP contribution < -0.4 is 9.80 Å². The van der Waals surface area contributed by atoms with Gasteiger partial charge in [-0.05, 0) is 104 Å². The monoisotopic (exact) mass is 589 g/mol. The van der Waals surface area contributed by atoms with E-state index in [0.29, 0.717) is 12.6 Å². The lowest BCUT2D eigenvalue weighted by Gasteiger charge is -2.39. The molecule has 2 saturated heterocycles. The Bertz CT molecular complexity index is 1870. The Kier molecular flexibility index (Phi) is 7.07. The van der Waals surface area contributed by atoms with Crippen LogP contribution >= 0.6 is 12.4 Å². The highest BCUT2D eigenvalue weighted by Gasteiger charge is 2.32. The molecule has 3 aliphatic rings. The fraction of sp³-hybridized carbons (Fsp3) is 0.306. The molecule has 3 aliphatic heterocycles. The molecule has 8 rings (SSSR count). The zero-order valence-corrected chi connectivity index (χ0v) is 25.5. The Morgan fingerprint density at radius 2 is 1.65 bits per heavy atom. The summed E-state index contributed by atoms with van der Waals surface area (Å²) in [5.74, 6) is 0.0583. The first-order valence-electron chi connectivity index (χ1n) is 15.2. The van der Waals surface area contributed by atoms with Crippen molar-refractivity contribution in [2.45, 2.75) is 39.2 Å². The Balaban J connectivity index is 0.00000300. The number of nitrogens with zero attached hydrogens (tertiary/aromatic N) is 5. The Hall–Kier alpha value is -4.00. The van der Waals surface area contributed by atoms with Crippen LogP contribution in [-0.4, -0.2) is 59.5 Å². The Morgan fingerprint density at radius 3 is 2.51 bits per heavy atom. The van der Waals surface area contributed by atoms with Crippen molar-refractivity contribution >= 4 is 51.4 Å². The molecule has 0 unspecified atom stereocenters. The average Bonchev–Trinajstić information content (AvgIpc) is 3.64. The van der Waals surface area contributed by atoms with E-state index < -0.39 is 0 Å². The van der Waals surface area contributed by atoms with Crippen LogP contribution in [0.4, 0.5) is 11.4 Å². The van der Waals surface area contributed by atoms with Crippen molar-refractivity contribution in [3.8, 4) is 11.1 Å². The van der Waals surface area contributed by atoms with Crippen LogP contribution in [0.15, 0.2) is 72.9 Å². The van der Waals surface area contributed by atoms with Gasteiger partial charge in [0.15, 0.2) is 0 Å². The molecule has 5 aromatic rings. The number of aryl methyl sites for hydroxylation is 2. The van der Waals surface area contributed by atoms with Gasteiger partial charge in [-0.25, -0.2) is 0 Å². The first-order chi connectivity index (χ1) is 20.5. The molecule has 5 heterocycles. The SMILES string of the molecule is Cc1cc(-c2cccc3c(C(=O)N4CCc5cc6nccc(N7CCN8CCC[C@H]8C7)c6cc54)cccc23)cc(C)n1.Cl. The van der Waals surface area contributed by atoms with Crippen molar-refractivity contribution in [1.29, 1.82) is 0 Å². The van der Waals surface area contributed by atoms with Crippen LogP contribution in [0.2, 0.25) is 0 Å². The number of hydrogen-bond acceptors (Lipinski definition) is 5. The molecular formula is C36H36ClN5O. The molecule has 6 nitrogen and oxygen atoms in total. The van der Waals surface area contributed by atoms with E-state index in [-0.39, 0.29) is 18.3 Å². The highest BCUT2D eigenvalue weighted by molar-refractivity contribution is 6.17. The third-order valence-corrected chi connectivity index (χ3v) is 9.53. The number of hydrogen-bond donors (Lipinski definition) is 0. The van der Waals surface area contributed by atoms with E-state index in [1.54, 1.807) is 0 Å². The third-order valence-electron chi connectivity index (χ3n) is 9.53. The molecular weight excluding hydrogens is 554 g/mol. The van der Waals surface area contributed by atoms with Gasteiger partial charge in [-0.3, -0.25) is 19.7 Å². The number of aromatic nitrogens is 2. The number of halogens is 1. The maximum atomic E-state index is 14.3. The van der Waals surface area contributed by atoms with Crippen molar-refractivity contribution in [3.63, 3.8) is 0 Å². The fourth-order valence-corrected chi connectivity index (χ4v) is 7.59. The van der Waals surface area contributed by atoms with Crippen molar-refractivity contribution < 1.29 is 4.79 Å². The van der Waals surface area contributed by atoms with Gasteiger partial charge < -0.3 is 9.80 Å². The van der Waals surface area contributed by atoms with Crippen molar-refractivity contribution in [1.82, 2.24) is 14.9 Å². The summed E-state index contributed by atoms with van der Waals surface area (Å²) in [6, 6.07) is 23.9. The van der Waals surface area contributed by atoms with E-state index >= 15 is 0 Å². The molecule has 3 aromatic carbocycles. The Labute approximate surface area is 258 Å². The number of pyridine rings is 2. The molecule has 0 aliphatic carbocycles. The normalized spacial score (nSPS) is 18.1. The van der Waals surface area contributed by atoms with Gasteiger partial charge in [0.25, 0.3) is 5.91 Å². The summed E-state index contributed by atoms with van der Waals surface area (Å²) in [6.07, 6.45) is 5.37. The summed E-state index contributed by atoms with van der Waals surface area (Å²) in [7, 11) is 0. The molecule has 0 saturated carbocycles. The van der Waals surface area contributed by atoms with Crippen LogP contribution in [-0.2, 0) is 6.42 Å². The van der Waals surface area contributed by atoms with Gasteiger partial charge in [0.2, 0.25) is 0 Å². The number of carbonyl (C=O) groups excluding carboxylic acids is 1. The summed E-state index contributed by atoms with van der Waals surface area (Å²) in [5, 5.41) is 3.22. The predicted octanol–water partition coefficient (Wildman–Crippen LogP) is 6.98. The number of anilines is 2. The topological polar surface area (TPSA) is 52.6 Å². The van der Waals surface area contributed by atoms with Crippen LogP contribution in [0.1, 0.15) is 40.2 Å². The average molecular weight is 590 g/mol. The summed E-state index contributed by atoms with van der Waals surface area (Å²) in [6.45, 7) is 9.18. The summed E-state index contributed by atoms with van der Waals surface area (Å²) < 4.78 is 0. The standard InChI is InChI=1S/C36H35N5O.ClH/c1-23-18-26(19-24(2)38-23)28-7-3-9-30-29(28)8-4-10-31(30)36(42)41-15-12-25-20-33-32(21-35(25)41)34(11-13-37-33)40-17-16-39-14-5-6-27(39)22-40;/h3-4,7-11,13,18-21,27H,5-6,12,14-17,22H2,1-2H3;1H/t27-;/m0./s1. The maximum absolute atomic E-state index is 14.3. The molecule has 7 heteroatoms. The zero-order valence-electron chi connectivity index (χ0n) is 24.7. The van der Waals surface area contributed by atoms with Gasteiger partial charge in [-0.2, -0.15) is 0 Å². The van der Waals surface area contributed by atoms with E-state index in [9.17, 15) is 4.79 Å². The van der Waals surface area contributed by atoms with Gasteiger partial charge in [-0.1, -0.05) is 30.3 Å². The zero-order chi connectivity index (χ0) is 28.4. The fourth-order valence-electron chi connectivity index (χ4n) is 7.59. The minimum absolute atomic E-state index is 0. The first kappa shape index (κ1) is 27.8. The van der Waals surface area contributed by atoms with E-state index in [1.807, 2.05) is 37.1 Å². The van der Waals surface area contributed by atoms with Crippen molar-refractivity contribution in [2.24, 2.45) is 0 Å². The maximum Gasteiger partial charge on any atom is 0.258 e. The molecule has 2 fully saturated rings. The van der Waals surface area contributed by atoms with Gasteiger partial charge in [-0.15, -0.1) is 12.4 Å².